The van der Waals surface area contributed by atoms with Crippen molar-refractivity contribution in [2.75, 3.05) is 17.2 Å². The Balaban J connectivity index is 1.50. The number of carbonyl (C=O) groups excluding carboxylic acids is 2. The molecule has 1 heterocycles. The van der Waals surface area contributed by atoms with Gasteiger partial charge in [0.15, 0.2) is 6.61 Å². The van der Waals surface area contributed by atoms with Crippen LogP contribution in [-0.4, -0.2) is 33.2 Å². The number of benzene rings is 2. The zero-order valence-corrected chi connectivity index (χ0v) is 16.8. The Labute approximate surface area is 176 Å². The van der Waals surface area contributed by atoms with Crippen molar-refractivity contribution in [3.05, 3.63) is 65.2 Å². The largest absolute Gasteiger partial charge is 0.482 e. The summed E-state index contributed by atoms with van der Waals surface area (Å²) in [5.41, 5.74) is 1.15. The molecule has 10 heteroatoms. The number of anilines is 2. The van der Waals surface area contributed by atoms with Gasteiger partial charge in [-0.05, 0) is 49.4 Å². The zero-order chi connectivity index (χ0) is 20.8. The van der Waals surface area contributed by atoms with Crippen LogP contribution < -0.4 is 15.4 Å². The maximum absolute atomic E-state index is 12.2. The number of halogens is 2. The van der Waals surface area contributed by atoms with Gasteiger partial charge < -0.3 is 15.4 Å². The maximum atomic E-state index is 12.2. The quantitative estimate of drug-likeness (QED) is 0.590. The van der Waals surface area contributed by atoms with E-state index >= 15 is 0 Å². The van der Waals surface area contributed by atoms with Crippen LogP contribution in [-0.2, 0) is 9.59 Å². The molecule has 0 aliphatic carbocycles. The second-order valence-corrected chi connectivity index (χ2v) is 6.87. The van der Waals surface area contributed by atoms with E-state index in [4.69, 9.17) is 27.9 Å². The van der Waals surface area contributed by atoms with Gasteiger partial charge >= 0.3 is 0 Å². The molecule has 2 aromatic carbocycles. The molecule has 150 valence electrons. The number of hydrogen-bond acceptors (Lipinski definition) is 5. The fourth-order valence-electron chi connectivity index (χ4n) is 2.35. The molecule has 29 heavy (non-hydrogen) atoms. The number of hydrogen-bond donors (Lipinski definition) is 2. The highest BCUT2D eigenvalue weighted by molar-refractivity contribution is 6.35. The van der Waals surface area contributed by atoms with Crippen LogP contribution in [0.2, 0.25) is 10.0 Å². The first kappa shape index (κ1) is 20.6. The fraction of sp³-hybridized carbons (Fsp3) is 0.158. The lowest BCUT2D eigenvalue weighted by Gasteiger charge is -2.13. The van der Waals surface area contributed by atoms with Crippen molar-refractivity contribution in [2.45, 2.75) is 13.0 Å². The van der Waals surface area contributed by atoms with Gasteiger partial charge in [-0.2, -0.15) is 5.10 Å². The average Bonchev–Trinajstić information content (AvgIpc) is 3.23. The molecular weight excluding hydrogens is 417 g/mol. The van der Waals surface area contributed by atoms with Crippen molar-refractivity contribution in [3.8, 4) is 5.75 Å². The first-order valence-corrected chi connectivity index (χ1v) is 9.30. The first-order valence-electron chi connectivity index (χ1n) is 8.55. The van der Waals surface area contributed by atoms with E-state index in [0.717, 1.165) is 0 Å². The molecule has 0 saturated carbocycles. The van der Waals surface area contributed by atoms with Crippen molar-refractivity contribution < 1.29 is 14.3 Å². The summed E-state index contributed by atoms with van der Waals surface area (Å²) in [5, 5.41) is 10.2. The molecule has 0 bridgehead atoms. The Morgan fingerprint density at radius 3 is 2.41 bits per heavy atom. The van der Waals surface area contributed by atoms with Crippen molar-refractivity contribution in [3.63, 3.8) is 0 Å². The highest BCUT2D eigenvalue weighted by atomic mass is 35.5. The van der Waals surface area contributed by atoms with E-state index < -0.39 is 6.04 Å². The molecular formula is C19H17Cl2N5O3. The van der Waals surface area contributed by atoms with Crippen molar-refractivity contribution in [1.82, 2.24) is 14.8 Å². The Kier molecular flexibility index (Phi) is 6.69. The number of aromatic nitrogens is 3. The van der Waals surface area contributed by atoms with E-state index in [0.29, 0.717) is 27.2 Å². The smallest absolute Gasteiger partial charge is 0.262 e. The Bertz CT molecular complexity index is 994. The average molecular weight is 434 g/mol. The lowest BCUT2D eigenvalue weighted by molar-refractivity contribution is -0.119. The van der Waals surface area contributed by atoms with Crippen molar-refractivity contribution in [1.29, 1.82) is 0 Å². The van der Waals surface area contributed by atoms with E-state index in [-0.39, 0.29) is 18.4 Å². The van der Waals surface area contributed by atoms with Gasteiger partial charge in [0.25, 0.3) is 5.91 Å². The third-order valence-corrected chi connectivity index (χ3v) is 4.43. The number of nitrogens with zero attached hydrogens (tertiary/aromatic N) is 3. The van der Waals surface area contributed by atoms with E-state index in [2.05, 4.69) is 20.7 Å². The molecule has 8 nitrogen and oxygen atoms in total. The van der Waals surface area contributed by atoms with Crippen LogP contribution in [0.5, 0.6) is 5.75 Å². The molecule has 0 saturated heterocycles. The number of nitrogens with one attached hydrogen (secondary N) is 2. The van der Waals surface area contributed by atoms with Gasteiger partial charge in [-0.3, -0.25) is 9.59 Å². The van der Waals surface area contributed by atoms with Crippen molar-refractivity contribution >= 4 is 46.4 Å². The van der Waals surface area contributed by atoms with Crippen LogP contribution in [0.4, 0.5) is 11.4 Å². The Morgan fingerprint density at radius 1 is 1.10 bits per heavy atom. The van der Waals surface area contributed by atoms with Crippen LogP contribution in [0.25, 0.3) is 0 Å². The van der Waals surface area contributed by atoms with E-state index in [1.165, 1.54) is 23.4 Å². The Hall–Kier alpha value is -3.10. The highest BCUT2D eigenvalue weighted by Gasteiger charge is 2.15. The Morgan fingerprint density at radius 2 is 1.79 bits per heavy atom. The normalized spacial score (nSPS) is 11.6. The number of carbonyl (C=O) groups is 2. The van der Waals surface area contributed by atoms with Gasteiger partial charge in [0.1, 0.15) is 24.4 Å². The third-order valence-electron chi connectivity index (χ3n) is 3.90. The van der Waals surface area contributed by atoms with Crippen LogP contribution in [0.1, 0.15) is 13.0 Å². The summed E-state index contributed by atoms with van der Waals surface area (Å²) in [7, 11) is 0. The summed E-state index contributed by atoms with van der Waals surface area (Å²) in [4.78, 5) is 28.1. The minimum atomic E-state index is -0.506. The third kappa shape index (κ3) is 5.69. The van der Waals surface area contributed by atoms with Crippen LogP contribution >= 0.6 is 23.2 Å². The molecule has 3 aromatic rings. The van der Waals surface area contributed by atoms with Crippen LogP contribution in [0.3, 0.4) is 0 Å². The molecule has 0 aliphatic rings. The topological polar surface area (TPSA) is 98.1 Å². The number of amides is 2. The molecule has 3 rings (SSSR count). The molecule has 2 amide bonds. The van der Waals surface area contributed by atoms with Crippen LogP contribution in [0.15, 0.2) is 55.1 Å². The zero-order valence-electron chi connectivity index (χ0n) is 15.3. The van der Waals surface area contributed by atoms with E-state index in [9.17, 15) is 9.59 Å². The minimum absolute atomic E-state index is 0.213. The van der Waals surface area contributed by atoms with E-state index in [1.807, 2.05) is 0 Å². The summed E-state index contributed by atoms with van der Waals surface area (Å²) in [6.45, 7) is 1.50. The maximum Gasteiger partial charge on any atom is 0.262 e. The lowest BCUT2D eigenvalue weighted by atomic mass is 10.2. The summed E-state index contributed by atoms with van der Waals surface area (Å²) < 4.78 is 6.85. The van der Waals surface area contributed by atoms with Gasteiger partial charge in [-0.15, -0.1) is 0 Å². The lowest BCUT2D eigenvalue weighted by Crippen LogP contribution is -2.24. The second-order valence-electron chi connectivity index (χ2n) is 6.03. The molecule has 1 aromatic heterocycles. The van der Waals surface area contributed by atoms with Gasteiger partial charge in [0.2, 0.25) is 5.91 Å². The minimum Gasteiger partial charge on any atom is -0.482 e. The van der Waals surface area contributed by atoms with Gasteiger partial charge in [-0.25, -0.2) is 9.67 Å². The summed E-state index contributed by atoms with van der Waals surface area (Å²) in [6, 6.07) is 10.9. The van der Waals surface area contributed by atoms with Gasteiger partial charge in [0.05, 0.1) is 5.02 Å². The number of rotatable bonds is 7. The fourth-order valence-corrected chi connectivity index (χ4v) is 2.82. The standard InChI is InChI=1S/C19H17Cl2N5O3/c1-12(26-11-22-10-23-26)19(28)25-15-5-3-14(4-6-15)24-18(27)9-29-17-7-2-13(20)8-16(17)21/h2-8,10-12H,9H2,1H3,(H,24,27)(H,25,28). The van der Waals surface area contributed by atoms with Crippen LogP contribution in [0, 0.1) is 0 Å². The van der Waals surface area contributed by atoms with Crippen molar-refractivity contribution in [2.24, 2.45) is 0 Å². The van der Waals surface area contributed by atoms with Gasteiger partial charge in [-0.1, -0.05) is 23.2 Å². The predicted molar refractivity (Wildman–Crippen MR) is 110 cm³/mol. The second kappa shape index (κ2) is 9.40. The molecule has 0 aliphatic heterocycles. The van der Waals surface area contributed by atoms with E-state index in [1.54, 1.807) is 43.3 Å². The molecule has 2 N–H and O–H groups in total. The van der Waals surface area contributed by atoms with Gasteiger partial charge in [0, 0.05) is 16.4 Å². The summed E-state index contributed by atoms with van der Waals surface area (Å²) in [5.74, 6) is -0.223. The SMILES string of the molecule is CC(C(=O)Nc1ccc(NC(=O)COc2ccc(Cl)cc2Cl)cc1)n1cncn1. The molecule has 1 atom stereocenters. The number of ether oxygens (including phenoxy) is 1. The molecule has 0 spiro atoms. The molecule has 0 radical (unpaired) electrons. The molecule has 1 unspecified atom stereocenters. The predicted octanol–water partition coefficient (Wildman–Crippen LogP) is 3.80. The monoisotopic (exact) mass is 433 g/mol. The first-order chi connectivity index (χ1) is 13.9. The summed E-state index contributed by atoms with van der Waals surface area (Å²) >= 11 is 11.8. The molecule has 0 fully saturated rings. The summed E-state index contributed by atoms with van der Waals surface area (Å²) in [6.07, 6.45) is 2.84. The highest BCUT2D eigenvalue weighted by Crippen LogP contribution is 2.27.